The van der Waals surface area contributed by atoms with Gasteiger partial charge in [0.2, 0.25) is 0 Å². The maximum absolute atomic E-state index is 13.3. The highest BCUT2D eigenvalue weighted by molar-refractivity contribution is 6.33. The van der Waals surface area contributed by atoms with Gasteiger partial charge in [0.1, 0.15) is 0 Å². The minimum atomic E-state index is -0.413. The number of aryl methyl sites for hydroxylation is 2. The molecule has 180 valence electrons. The average molecular weight is 483 g/mol. The molecular weight excluding hydrogens is 460 g/mol. The van der Waals surface area contributed by atoms with Gasteiger partial charge < -0.3 is 9.13 Å². The van der Waals surface area contributed by atoms with Crippen LogP contribution in [0, 0.1) is 0 Å². The van der Waals surface area contributed by atoms with Crippen molar-refractivity contribution in [2.75, 3.05) is 13.1 Å². The van der Waals surface area contributed by atoms with Crippen LogP contribution in [0.3, 0.4) is 0 Å². The number of imide groups is 2. The lowest BCUT2D eigenvalue weighted by molar-refractivity contribution is 0.0585. The van der Waals surface area contributed by atoms with Crippen LogP contribution < -0.4 is 0 Å². The fourth-order valence-electron chi connectivity index (χ4n) is 5.04. The Morgan fingerprint density at radius 3 is 1.19 bits per heavy atom. The zero-order valence-electron chi connectivity index (χ0n) is 19.3. The van der Waals surface area contributed by atoms with E-state index in [0.717, 1.165) is 0 Å². The molecule has 10 heteroatoms. The molecule has 10 nitrogen and oxygen atoms in total. The van der Waals surface area contributed by atoms with E-state index < -0.39 is 23.6 Å². The average Bonchev–Trinajstić information content (AvgIpc) is 3.60. The van der Waals surface area contributed by atoms with E-state index in [2.05, 4.69) is 9.97 Å². The molecular formula is C26H22N6O4. The molecule has 2 aromatic heterocycles. The molecule has 0 saturated carbocycles. The third-order valence-electron chi connectivity index (χ3n) is 6.78. The molecule has 0 bridgehead atoms. The second-order valence-electron chi connectivity index (χ2n) is 8.90. The van der Waals surface area contributed by atoms with Gasteiger partial charge in [-0.1, -0.05) is 0 Å². The van der Waals surface area contributed by atoms with Gasteiger partial charge >= 0.3 is 0 Å². The second-order valence-corrected chi connectivity index (χ2v) is 8.90. The Morgan fingerprint density at radius 1 is 0.528 bits per heavy atom. The van der Waals surface area contributed by atoms with Crippen molar-refractivity contribution in [1.82, 2.24) is 28.9 Å². The van der Waals surface area contributed by atoms with Gasteiger partial charge in [-0.05, 0) is 37.1 Å². The molecule has 2 aliphatic rings. The van der Waals surface area contributed by atoms with Crippen LogP contribution >= 0.6 is 0 Å². The summed E-state index contributed by atoms with van der Waals surface area (Å²) < 4.78 is 3.77. The van der Waals surface area contributed by atoms with Crippen molar-refractivity contribution in [3.63, 3.8) is 0 Å². The van der Waals surface area contributed by atoms with Crippen LogP contribution in [0.4, 0.5) is 0 Å². The predicted octanol–water partition coefficient (Wildman–Crippen LogP) is 2.61. The number of hydrogen-bond acceptors (Lipinski definition) is 6. The van der Waals surface area contributed by atoms with Crippen LogP contribution in [0.1, 0.15) is 54.3 Å². The number of rotatable bonds is 8. The smallest absolute Gasteiger partial charge is 0.261 e. The first-order chi connectivity index (χ1) is 17.5. The minimum Gasteiger partial charge on any atom is -0.337 e. The number of benzene rings is 2. The first-order valence-electron chi connectivity index (χ1n) is 11.8. The fraction of sp³-hybridized carbons (Fsp3) is 0.231. The van der Waals surface area contributed by atoms with E-state index in [1.165, 1.54) is 9.80 Å². The highest BCUT2D eigenvalue weighted by Crippen LogP contribution is 2.37. The normalized spacial score (nSPS) is 14.9. The van der Waals surface area contributed by atoms with Gasteiger partial charge in [0.05, 0.1) is 12.7 Å². The van der Waals surface area contributed by atoms with Crippen molar-refractivity contribution in [2.45, 2.75) is 25.9 Å². The van der Waals surface area contributed by atoms with Gasteiger partial charge in [-0.2, -0.15) is 0 Å². The fourth-order valence-corrected chi connectivity index (χ4v) is 5.04. The summed E-state index contributed by atoms with van der Waals surface area (Å²) in [6.07, 6.45) is 11.5. The summed E-state index contributed by atoms with van der Waals surface area (Å²) in [6, 6.07) is 6.39. The molecule has 0 radical (unpaired) electrons. The Labute approximate surface area is 205 Å². The van der Waals surface area contributed by atoms with Crippen molar-refractivity contribution < 1.29 is 19.2 Å². The van der Waals surface area contributed by atoms with Crippen molar-refractivity contribution in [3.8, 4) is 0 Å². The maximum atomic E-state index is 13.3. The first-order valence-corrected chi connectivity index (χ1v) is 11.8. The number of carbonyl (C=O) groups is 4. The van der Waals surface area contributed by atoms with Gasteiger partial charge in [-0.25, -0.2) is 9.97 Å². The molecule has 0 N–H and O–H groups in total. The quantitative estimate of drug-likeness (QED) is 0.357. The molecule has 4 heterocycles. The Balaban J connectivity index is 1.29. The summed E-state index contributed by atoms with van der Waals surface area (Å²) in [4.78, 5) is 63.7. The summed E-state index contributed by atoms with van der Waals surface area (Å²) in [5.41, 5.74) is 1.34. The third kappa shape index (κ3) is 3.41. The standard InChI is InChI=1S/C26H22N6O4/c33-23-17-3-5-19-22-20(26(36)32(25(19)35)12-2-10-30-14-8-28-16-30)6-4-18(21(17)22)24(34)31(23)11-1-9-29-13-7-27-15-29/h3-8,13-16H,1-2,9-12H2. The van der Waals surface area contributed by atoms with Gasteiger partial charge in [0.15, 0.2) is 0 Å². The number of nitrogens with zero attached hydrogens (tertiary/aromatic N) is 6. The van der Waals surface area contributed by atoms with E-state index in [1.54, 1.807) is 49.3 Å². The number of carbonyl (C=O) groups excluding carboxylic acids is 4. The molecule has 0 unspecified atom stereocenters. The Morgan fingerprint density at radius 2 is 0.889 bits per heavy atom. The lowest BCUT2D eigenvalue weighted by atomic mass is 9.86. The maximum Gasteiger partial charge on any atom is 0.261 e. The van der Waals surface area contributed by atoms with E-state index >= 15 is 0 Å². The van der Waals surface area contributed by atoms with Crippen LogP contribution in [0.15, 0.2) is 61.7 Å². The molecule has 4 amide bonds. The molecule has 0 fully saturated rings. The molecule has 0 saturated heterocycles. The largest absolute Gasteiger partial charge is 0.337 e. The van der Waals surface area contributed by atoms with Crippen LogP contribution in [-0.4, -0.2) is 65.6 Å². The van der Waals surface area contributed by atoms with E-state index in [4.69, 9.17) is 0 Å². The molecule has 2 aliphatic heterocycles. The van der Waals surface area contributed by atoms with Crippen molar-refractivity contribution >= 4 is 34.4 Å². The van der Waals surface area contributed by atoms with Crippen LogP contribution in [0.25, 0.3) is 10.8 Å². The number of hydrogen-bond donors (Lipinski definition) is 0. The van der Waals surface area contributed by atoms with Crippen molar-refractivity contribution in [2.24, 2.45) is 0 Å². The lowest BCUT2D eigenvalue weighted by Gasteiger charge is -2.32. The first kappa shape index (κ1) is 21.9. The number of aromatic nitrogens is 4. The van der Waals surface area contributed by atoms with Gasteiger partial charge in [0.25, 0.3) is 23.6 Å². The summed E-state index contributed by atoms with van der Waals surface area (Å²) in [5.74, 6) is -1.65. The number of imidazole rings is 2. The zero-order valence-corrected chi connectivity index (χ0v) is 19.3. The van der Waals surface area contributed by atoms with Crippen LogP contribution in [-0.2, 0) is 13.1 Å². The summed E-state index contributed by atoms with van der Waals surface area (Å²) in [6.45, 7) is 1.75. The molecule has 4 aromatic rings. The summed E-state index contributed by atoms with van der Waals surface area (Å²) >= 11 is 0. The van der Waals surface area contributed by atoms with Gasteiger partial charge in [0, 0.05) is 84.0 Å². The topological polar surface area (TPSA) is 110 Å². The Bertz CT molecular complexity index is 1340. The predicted molar refractivity (Wildman–Crippen MR) is 128 cm³/mol. The number of amides is 4. The lowest BCUT2D eigenvalue weighted by Crippen LogP contribution is -2.44. The second kappa shape index (κ2) is 8.56. The van der Waals surface area contributed by atoms with E-state index in [9.17, 15) is 19.2 Å². The third-order valence-corrected chi connectivity index (χ3v) is 6.78. The molecule has 2 aromatic carbocycles. The SMILES string of the molecule is O=C1c2ccc3c4c(ccc(c24)C(=O)N1CCCn1ccnc1)C(=O)N(CCCn1ccnc1)C3=O. The van der Waals surface area contributed by atoms with E-state index in [0.29, 0.717) is 59.0 Å². The minimum absolute atomic E-state index is 0.253. The van der Waals surface area contributed by atoms with Crippen LogP contribution in [0.2, 0.25) is 0 Å². The molecule has 6 rings (SSSR count). The Hall–Kier alpha value is -4.60. The monoisotopic (exact) mass is 482 g/mol. The van der Waals surface area contributed by atoms with Crippen molar-refractivity contribution in [3.05, 3.63) is 84.0 Å². The summed E-state index contributed by atoms with van der Waals surface area (Å²) in [5, 5.41) is 0.788. The van der Waals surface area contributed by atoms with Gasteiger partial charge in [-0.3, -0.25) is 29.0 Å². The highest BCUT2D eigenvalue weighted by Gasteiger charge is 2.39. The van der Waals surface area contributed by atoms with Gasteiger partial charge in [-0.15, -0.1) is 0 Å². The van der Waals surface area contributed by atoms with Crippen molar-refractivity contribution in [1.29, 1.82) is 0 Å². The summed E-state index contributed by atoms with van der Waals surface area (Å²) in [7, 11) is 0. The van der Waals surface area contributed by atoms with E-state index in [-0.39, 0.29) is 13.1 Å². The van der Waals surface area contributed by atoms with E-state index in [1.807, 2.05) is 21.5 Å². The molecule has 36 heavy (non-hydrogen) atoms. The highest BCUT2D eigenvalue weighted by atomic mass is 16.2. The van der Waals surface area contributed by atoms with Crippen LogP contribution in [0.5, 0.6) is 0 Å². The Kier molecular flexibility index (Phi) is 5.21. The molecule has 0 aliphatic carbocycles. The zero-order chi connectivity index (χ0) is 24.8. The molecule has 0 spiro atoms. The molecule has 0 atom stereocenters.